The smallest absolute Gasteiger partial charge is 0.333 e. The van der Waals surface area contributed by atoms with Crippen molar-refractivity contribution < 1.29 is 32.2 Å². The van der Waals surface area contributed by atoms with Crippen LogP contribution in [0.25, 0.3) is 6.08 Å². The lowest BCUT2D eigenvalue weighted by atomic mass is 10.1. The molecule has 8 heteroatoms. The van der Waals surface area contributed by atoms with Crippen molar-refractivity contribution in [2.45, 2.75) is 24.8 Å². The molecule has 2 aromatic carbocycles. The van der Waals surface area contributed by atoms with Gasteiger partial charge in [-0.25, -0.2) is 13.2 Å². The molecule has 0 aliphatic carbocycles. The van der Waals surface area contributed by atoms with Gasteiger partial charge in [-0.3, -0.25) is 0 Å². The van der Waals surface area contributed by atoms with Crippen molar-refractivity contribution in [3.8, 4) is 11.5 Å². The Balaban J connectivity index is 1.69. The predicted octanol–water partition coefficient (Wildman–Crippen LogP) is 3.41. The highest BCUT2D eigenvalue weighted by atomic mass is 32.2. The molecule has 166 valence electrons. The molecule has 0 amide bonds. The zero-order valence-corrected chi connectivity index (χ0v) is 18.4. The number of fused-ring (bicyclic) bond motifs is 1. The number of esters is 1. The van der Waals surface area contributed by atoms with Crippen molar-refractivity contribution >= 4 is 21.9 Å². The number of sulfone groups is 1. The molecular formula is C23H26O7S. The maximum atomic E-state index is 12.5. The highest BCUT2D eigenvalue weighted by Crippen LogP contribution is 2.30. The molecule has 3 rings (SSSR count). The van der Waals surface area contributed by atoms with Crippen LogP contribution in [0.1, 0.15) is 24.5 Å². The maximum absolute atomic E-state index is 12.5. The SMILES string of the molecule is CCOCCOc1ccc(COc2ccc3c(c2)C=C(C(=O)OC)CCS3(=O)=O)cc1. The Morgan fingerprint density at radius 1 is 1.00 bits per heavy atom. The van der Waals surface area contributed by atoms with Gasteiger partial charge in [0.25, 0.3) is 0 Å². The van der Waals surface area contributed by atoms with Crippen molar-refractivity contribution in [2.24, 2.45) is 0 Å². The minimum absolute atomic E-state index is 0.110. The van der Waals surface area contributed by atoms with Crippen LogP contribution in [0.2, 0.25) is 0 Å². The van der Waals surface area contributed by atoms with E-state index in [2.05, 4.69) is 0 Å². The number of ether oxygens (including phenoxy) is 4. The average Bonchev–Trinajstić information content (AvgIpc) is 2.91. The zero-order chi connectivity index (χ0) is 22.3. The first-order valence-electron chi connectivity index (χ1n) is 10.0. The van der Waals surface area contributed by atoms with Crippen LogP contribution in [0.5, 0.6) is 11.5 Å². The zero-order valence-electron chi connectivity index (χ0n) is 17.6. The fourth-order valence-electron chi connectivity index (χ4n) is 3.13. The summed E-state index contributed by atoms with van der Waals surface area (Å²) in [6, 6.07) is 12.3. The lowest BCUT2D eigenvalue weighted by Gasteiger charge is -2.11. The molecule has 7 nitrogen and oxygen atoms in total. The number of benzene rings is 2. The first-order valence-corrected chi connectivity index (χ1v) is 11.7. The van der Waals surface area contributed by atoms with E-state index in [4.69, 9.17) is 18.9 Å². The number of methoxy groups -OCH3 is 1. The Labute approximate surface area is 182 Å². The van der Waals surface area contributed by atoms with Crippen LogP contribution in [0.15, 0.2) is 52.9 Å². The van der Waals surface area contributed by atoms with Gasteiger partial charge in [-0.05, 0) is 60.9 Å². The third kappa shape index (κ3) is 6.08. The second-order valence-corrected chi connectivity index (χ2v) is 8.99. The summed E-state index contributed by atoms with van der Waals surface area (Å²) in [6.45, 7) is 3.93. The minimum atomic E-state index is -3.49. The van der Waals surface area contributed by atoms with E-state index >= 15 is 0 Å². The van der Waals surface area contributed by atoms with E-state index in [9.17, 15) is 13.2 Å². The summed E-state index contributed by atoms with van der Waals surface area (Å²) in [6.07, 6.45) is 1.67. The monoisotopic (exact) mass is 446 g/mol. The second kappa shape index (κ2) is 10.5. The van der Waals surface area contributed by atoms with Gasteiger partial charge >= 0.3 is 5.97 Å². The molecule has 0 saturated heterocycles. The molecule has 0 radical (unpaired) electrons. The summed E-state index contributed by atoms with van der Waals surface area (Å²) in [5, 5.41) is 0. The Morgan fingerprint density at radius 2 is 1.74 bits per heavy atom. The highest BCUT2D eigenvalue weighted by Gasteiger charge is 2.25. The van der Waals surface area contributed by atoms with Gasteiger partial charge in [0, 0.05) is 12.2 Å². The lowest BCUT2D eigenvalue weighted by Crippen LogP contribution is -2.10. The van der Waals surface area contributed by atoms with Crippen LogP contribution in [0, 0.1) is 0 Å². The van der Waals surface area contributed by atoms with Gasteiger partial charge in [-0.2, -0.15) is 0 Å². The van der Waals surface area contributed by atoms with E-state index in [1.54, 1.807) is 18.2 Å². The molecule has 0 atom stereocenters. The lowest BCUT2D eigenvalue weighted by molar-refractivity contribution is -0.136. The van der Waals surface area contributed by atoms with E-state index in [1.807, 2.05) is 31.2 Å². The summed E-state index contributed by atoms with van der Waals surface area (Å²) in [4.78, 5) is 12.1. The van der Waals surface area contributed by atoms with Crippen LogP contribution in [-0.2, 0) is 30.7 Å². The fourth-order valence-corrected chi connectivity index (χ4v) is 4.59. The van der Waals surface area contributed by atoms with Crippen molar-refractivity contribution in [1.29, 1.82) is 0 Å². The molecule has 2 aromatic rings. The van der Waals surface area contributed by atoms with Crippen LogP contribution in [0.3, 0.4) is 0 Å². The van der Waals surface area contributed by atoms with Crippen LogP contribution in [0.4, 0.5) is 0 Å². The highest BCUT2D eigenvalue weighted by molar-refractivity contribution is 7.91. The molecule has 1 heterocycles. The van der Waals surface area contributed by atoms with Crippen molar-refractivity contribution in [1.82, 2.24) is 0 Å². The van der Waals surface area contributed by atoms with Gasteiger partial charge in [-0.15, -0.1) is 0 Å². The quantitative estimate of drug-likeness (QED) is 0.431. The molecule has 1 aliphatic rings. The van der Waals surface area contributed by atoms with Gasteiger partial charge in [-0.1, -0.05) is 12.1 Å². The maximum Gasteiger partial charge on any atom is 0.333 e. The summed E-state index contributed by atoms with van der Waals surface area (Å²) >= 11 is 0. The summed E-state index contributed by atoms with van der Waals surface area (Å²) in [5.41, 5.74) is 1.68. The molecule has 0 aromatic heterocycles. The number of rotatable bonds is 9. The van der Waals surface area contributed by atoms with E-state index in [-0.39, 0.29) is 17.1 Å². The number of hydrogen-bond acceptors (Lipinski definition) is 7. The Hall–Kier alpha value is -2.84. The number of carbonyl (C=O) groups excluding carboxylic acids is 1. The standard InChI is InChI=1S/C23H26O7S/c1-3-28-11-12-29-20-6-4-17(5-7-20)16-30-21-8-9-22-19(15-21)14-18(23(24)27-2)10-13-31(22,25)26/h4-9,14-15H,3,10-13,16H2,1-2H3. The summed E-state index contributed by atoms with van der Waals surface area (Å²) in [7, 11) is -2.22. The fraction of sp³-hybridized carbons (Fsp3) is 0.348. The van der Waals surface area contributed by atoms with E-state index in [0.29, 0.717) is 43.3 Å². The van der Waals surface area contributed by atoms with Gasteiger partial charge < -0.3 is 18.9 Å². The predicted molar refractivity (Wildman–Crippen MR) is 116 cm³/mol. The first-order chi connectivity index (χ1) is 14.9. The molecule has 1 aliphatic heterocycles. The van der Waals surface area contributed by atoms with Gasteiger partial charge in [0.1, 0.15) is 24.7 Å². The van der Waals surface area contributed by atoms with Gasteiger partial charge in [0.15, 0.2) is 9.84 Å². The molecule has 31 heavy (non-hydrogen) atoms. The minimum Gasteiger partial charge on any atom is -0.491 e. The summed E-state index contributed by atoms with van der Waals surface area (Å²) in [5.74, 6) is 0.589. The number of carbonyl (C=O) groups is 1. The van der Waals surface area contributed by atoms with Crippen molar-refractivity contribution in [3.05, 3.63) is 59.2 Å². The Bertz CT molecular complexity index is 1040. The molecule has 0 saturated carbocycles. The average molecular weight is 447 g/mol. The van der Waals surface area contributed by atoms with Crippen molar-refractivity contribution in [3.63, 3.8) is 0 Å². The van der Waals surface area contributed by atoms with Crippen LogP contribution < -0.4 is 9.47 Å². The molecular weight excluding hydrogens is 420 g/mol. The van der Waals surface area contributed by atoms with Crippen LogP contribution >= 0.6 is 0 Å². The molecule has 0 unspecified atom stereocenters. The van der Waals surface area contributed by atoms with E-state index < -0.39 is 15.8 Å². The Morgan fingerprint density at radius 3 is 2.45 bits per heavy atom. The third-order valence-electron chi connectivity index (χ3n) is 4.76. The first kappa shape index (κ1) is 22.8. The van der Waals surface area contributed by atoms with Crippen LogP contribution in [-0.4, -0.2) is 47.1 Å². The third-order valence-corrected chi connectivity index (χ3v) is 6.55. The normalized spacial score (nSPS) is 14.7. The molecule has 0 N–H and O–H groups in total. The topological polar surface area (TPSA) is 88.1 Å². The molecule has 0 bridgehead atoms. The second-order valence-electron chi connectivity index (χ2n) is 6.91. The van der Waals surface area contributed by atoms with Gasteiger partial charge in [0.2, 0.25) is 0 Å². The van der Waals surface area contributed by atoms with E-state index in [0.717, 1.165) is 11.3 Å². The van der Waals surface area contributed by atoms with Crippen molar-refractivity contribution in [2.75, 3.05) is 32.7 Å². The van der Waals surface area contributed by atoms with Gasteiger partial charge in [0.05, 0.1) is 24.4 Å². The Kier molecular flexibility index (Phi) is 7.70. The molecule has 0 spiro atoms. The summed E-state index contributed by atoms with van der Waals surface area (Å²) < 4.78 is 46.5. The molecule has 0 fully saturated rings. The van der Waals surface area contributed by atoms with E-state index in [1.165, 1.54) is 13.2 Å². The largest absolute Gasteiger partial charge is 0.491 e. The number of hydrogen-bond donors (Lipinski definition) is 0.